The SMILES string of the molecule is Cn1ccc2c(-c3ccc(=O)n(CC(=O)O)c3)cccc21. The van der Waals surface area contributed by atoms with Crippen molar-refractivity contribution in [3.8, 4) is 11.1 Å². The third kappa shape index (κ3) is 2.33. The maximum absolute atomic E-state index is 11.7. The summed E-state index contributed by atoms with van der Waals surface area (Å²) in [5, 5.41) is 9.93. The van der Waals surface area contributed by atoms with Crippen molar-refractivity contribution in [3.05, 3.63) is 59.1 Å². The fraction of sp³-hybridized carbons (Fsp3) is 0.125. The third-order valence-corrected chi connectivity index (χ3v) is 3.53. The second-order valence-electron chi connectivity index (χ2n) is 4.94. The van der Waals surface area contributed by atoms with Crippen LogP contribution in [0.25, 0.3) is 22.0 Å². The summed E-state index contributed by atoms with van der Waals surface area (Å²) in [7, 11) is 1.97. The maximum atomic E-state index is 11.7. The molecule has 0 atom stereocenters. The monoisotopic (exact) mass is 282 g/mol. The van der Waals surface area contributed by atoms with Crippen LogP contribution in [0.2, 0.25) is 0 Å². The number of carbonyl (C=O) groups is 1. The van der Waals surface area contributed by atoms with Gasteiger partial charge in [-0.1, -0.05) is 12.1 Å². The van der Waals surface area contributed by atoms with Gasteiger partial charge in [-0.15, -0.1) is 0 Å². The van der Waals surface area contributed by atoms with Gasteiger partial charge in [0, 0.05) is 36.4 Å². The van der Waals surface area contributed by atoms with Gasteiger partial charge in [0.1, 0.15) is 6.54 Å². The summed E-state index contributed by atoms with van der Waals surface area (Å²) in [5.74, 6) is -1.04. The molecule has 0 unspecified atom stereocenters. The Morgan fingerprint density at radius 3 is 2.76 bits per heavy atom. The smallest absolute Gasteiger partial charge is 0.323 e. The van der Waals surface area contributed by atoms with Crippen LogP contribution in [-0.2, 0) is 18.4 Å². The largest absolute Gasteiger partial charge is 0.480 e. The van der Waals surface area contributed by atoms with Crippen molar-refractivity contribution in [2.45, 2.75) is 6.54 Å². The highest BCUT2D eigenvalue weighted by Gasteiger charge is 2.08. The molecule has 5 nitrogen and oxygen atoms in total. The summed E-state index contributed by atoms with van der Waals surface area (Å²) in [6, 6.07) is 11.1. The van der Waals surface area contributed by atoms with Gasteiger partial charge < -0.3 is 14.2 Å². The van der Waals surface area contributed by atoms with Crippen LogP contribution in [0, 0.1) is 0 Å². The molecule has 106 valence electrons. The molecule has 0 bridgehead atoms. The van der Waals surface area contributed by atoms with E-state index in [-0.39, 0.29) is 12.1 Å². The Morgan fingerprint density at radius 1 is 1.19 bits per heavy atom. The minimum absolute atomic E-state index is 0.318. The predicted octanol–water partition coefficient (Wildman–Crippen LogP) is 2.09. The number of fused-ring (bicyclic) bond motifs is 1. The number of carboxylic acids is 1. The van der Waals surface area contributed by atoms with E-state index in [4.69, 9.17) is 5.11 Å². The molecule has 0 aliphatic rings. The Balaban J connectivity index is 2.19. The van der Waals surface area contributed by atoms with Crippen molar-refractivity contribution in [3.63, 3.8) is 0 Å². The highest BCUT2D eigenvalue weighted by molar-refractivity contribution is 5.95. The van der Waals surface area contributed by atoms with Gasteiger partial charge in [0.2, 0.25) is 0 Å². The zero-order valence-electron chi connectivity index (χ0n) is 11.5. The summed E-state index contributed by atoms with van der Waals surface area (Å²) in [4.78, 5) is 22.5. The molecule has 0 radical (unpaired) electrons. The first kappa shape index (κ1) is 13.2. The first-order valence-electron chi connectivity index (χ1n) is 6.53. The van der Waals surface area contributed by atoms with Crippen molar-refractivity contribution in [2.75, 3.05) is 0 Å². The second-order valence-corrected chi connectivity index (χ2v) is 4.94. The number of aromatic nitrogens is 2. The number of hydrogen-bond acceptors (Lipinski definition) is 2. The number of rotatable bonds is 3. The lowest BCUT2D eigenvalue weighted by molar-refractivity contribution is -0.137. The lowest BCUT2D eigenvalue weighted by Gasteiger charge is -2.08. The molecule has 21 heavy (non-hydrogen) atoms. The van der Waals surface area contributed by atoms with Crippen LogP contribution >= 0.6 is 0 Å². The van der Waals surface area contributed by atoms with E-state index in [0.29, 0.717) is 0 Å². The quantitative estimate of drug-likeness (QED) is 0.800. The number of pyridine rings is 1. The average Bonchev–Trinajstić information content (AvgIpc) is 2.83. The first-order chi connectivity index (χ1) is 10.1. The van der Waals surface area contributed by atoms with E-state index in [1.54, 1.807) is 12.3 Å². The van der Waals surface area contributed by atoms with Gasteiger partial charge >= 0.3 is 5.97 Å². The second kappa shape index (κ2) is 4.94. The van der Waals surface area contributed by atoms with E-state index in [1.807, 2.05) is 42.1 Å². The number of nitrogens with zero attached hydrogens (tertiary/aromatic N) is 2. The van der Waals surface area contributed by atoms with Crippen LogP contribution in [0.1, 0.15) is 0 Å². The molecule has 0 amide bonds. The molecule has 0 spiro atoms. The molecule has 3 rings (SSSR count). The topological polar surface area (TPSA) is 64.2 Å². The lowest BCUT2D eigenvalue weighted by Crippen LogP contribution is -2.22. The van der Waals surface area contributed by atoms with Crippen molar-refractivity contribution in [1.82, 2.24) is 9.13 Å². The molecule has 0 saturated heterocycles. The molecule has 5 heteroatoms. The van der Waals surface area contributed by atoms with E-state index in [9.17, 15) is 9.59 Å². The molecule has 2 aromatic heterocycles. The van der Waals surface area contributed by atoms with Crippen LogP contribution in [0.3, 0.4) is 0 Å². The van der Waals surface area contributed by atoms with Gasteiger partial charge in [-0.25, -0.2) is 0 Å². The van der Waals surface area contributed by atoms with E-state index in [0.717, 1.165) is 22.0 Å². The van der Waals surface area contributed by atoms with E-state index >= 15 is 0 Å². The summed E-state index contributed by atoms with van der Waals surface area (Å²) < 4.78 is 3.23. The fourth-order valence-corrected chi connectivity index (χ4v) is 2.51. The Bertz CT molecular complexity index is 890. The molecule has 0 fully saturated rings. The summed E-state index contributed by atoms with van der Waals surface area (Å²) in [6.07, 6.45) is 3.57. The van der Waals surface area contributed by atoms with Gasteiger partial charge in [-0.2, -0.15) is 0 Å². The predicted molar refractivity (Wildman–Crippen MR) is 80.3 cm³/mol. The average molecular weight is 282 g/mol. The number of hydrogen-bond donors (Lipinski definition) is 1. The van der Waals surface area contributed by atoms with Gasteiger partial charge in [-0.05, 0) is 29.3 Å². The van der Waals surface area contributed by atoms with Crippen LogP contribution in [0.5, 0.6) is 0 Å². The lowest BCUT2D eigenvalue weighted by atomic mass is 10.0. The van der Waals surface area contributed by atoms with E-state index < -0.39 is 5.97 Å². The molecule has 0 aliphatic heterocycles. The third-order valence-electron chi connectivity index (χ3n) is 3.53. The molecule has 0 aliphatic carbocycles. The minimum Gasteiger partial charge on any atom is -0.480 e. The van der Waals surface area contributed by atoms with Crippen LogP contribution in [0.4, 0.5) is 0 Å². The van der Waals surface area contributed by atoms with Gasteiger partial charge in [-0.3, -0.25) is 9.59 Å². The summed E-state index contributed by atoms with van der Waals surface area (Å²) in [5.41, 5.74) is 2.57. The fourth-order valence-electron chi connectivity index (χ4n) is 2.51. The summed E-state index contributed by atoms with van der Waals surface area (Å²) in [6.45, 7) is -0.336. The van der Waals surface area contributed by atoms with Crippen molar-refractivity contribution in [2.24, 2.45) is 7.05 Å². The van der Waals surface area contributed by atoms with Crippen molar-refractivity contribution in [1.29, 1.82) is 0 Å². The zero-order chi connectivity index (χ0) is 15.0. The van der Waals surface area contributed by atoms with Gasteiger partial charge in [0.15, 0.2) is 0 Å². The van der Waals surface area contributed by atoms with E-state index in [2.05, 4.69) is 0 Å². The Hall–Kier alpha value is -2.82. The van der Waals surface area contributed by atoms with Crippen molar-refractivity contribution < 1.29 is 9.90 Å². The molecule has 0 saturated carbocycles. The van der Waals surface area contributed by atoms with Crippen molar-refractivity contribution >= 4 is 16.9 Å². The highest BCUT2D eigenvalue weighted by atomic mass is 16.4. The molecular formula is C16H14N2O3. The number of aryl methyl sites for hydroxylation is 1. The number of carboxylic acid groups (broad SMARTS) is 1. The van der Waals surface area contributed by atoms with Crippen LogP contribution < -0.4 is 5.56 Å². The molecular weight excluding hydrogens is 268 g/mol. The molecule has 2 heterocycles. The Morgan fingerprint density at radius 2 is 2.00 bits per heavy atom. The van der Waals surface area contributed by atoms with E-state index in [1.165, 1.54) is 10.6 Å². The zero-order valence-corrected chi connectivity index (χ0v) is 11.5. The minimum atomic E-state index is -1.04. The number of benzene rings is 1. The normalized spacial score (nSPS) is 10.9. The molecule has 1 N–H and O–H groups in total. The van der Waals surface area contributed by atoms with Crippen LogP contribution in [-0.4, -0.2) is 20.2 Å². The Labute approximate surface area is 120 Å². The maximum Gasteiger partial charge on any atom is 0.323 e. The molecule has 1 aromatic carbocycles. The standard InChI is InChI=1S/C16H14N2O3/c1-17-8-7-13-12(3-2-4-14(13)17)11-5-6-15(19)18(9-11)10-16(20)21/h2-9H,10H2,1H3,(H,20,21). The number of aliphatic carboxylic acids is 1. The van der Waals surface area contributed by atoms with Gasteiger partial charge in [0.25, 0.3) is 5.56 Å². The highest BCUT2D eigenvalue weighted by Crippen LogP contribution is 2.28. The molecule has 3 aromatic rings. The summed E-state index contributed by atoms with van der Waals surface area (Å²) >= 11 is 0. The van der Waals surface area contributed by atoms with Gasteiger partial charge in [0.05, 0.1) is 0 Å². The first-order valence-corrected chi connectivity index (χ1v) is 6.53. The Kier molecular flexibility index (Phi) is 3.10. The van der Waals surface area contributed by atoms with Crippen LogP contribution in [0.15, 0.2) is 53.6 Å².